The minimum atomic E-state index is 0.471. The molecule has 0 aliphatic rings. The van der Waals surface area contributed by atoms with E-state index in [-0.39, 0.29) is 0 Å². The van der Waals surface area contributed by atoms with Crippen LogP contribution >= 0.6 is 0 Å². The van der Waals surface area contributed by atoms with E-state index in [2.05, 4.69) is 60.7 Å². The van der Waals surface area contributed by atoms with E-state index < -0.39 is 0 Å². The zero-order valence-electron chi connectivity index (χ0n) is 12.7. The molecule has 2 rings (SSSR count). The van der Waals surface area contributed by atoms with Crippen molar-refractivity contribution in [1.82, 2.24) is 15.6 Å². The molecule has 1 aromatic heterocycles. The molecule has 0 radical (unpaired) electrons. The van der Waals surface area contributed by atoms with Gasteiger partial charge in [0.2, 0.25) is 0 Å². The van der Waals surface area contributed by atoms with E-state index in [0.717, 1.165) is 25.2 Å². The van der Waals surface area contributed by atoms with Crippen LogP contribution in [0.25, 0.3) is 10.9 Å². The Balaban J connectivity index is 1.83. The van der Waals surface area contributed by atoms with Gasteiger partial charge in [0.05, 0.1) is 5.52 Å². The molecule has 0 aliphatic heterocycles. The van der Waals surface area contributed by atoms with E-state index in [1.165, 1.54) is 10.9 Å². The highest BCUT2D eigenvalue weighted by Crippen LogP contribution is 2.13. The van der Waals surface area contributed by atoms with Gasteiger partial charge in [-0.25, -0.2) is 0 Å². The Hall–Kier alpha value is -1.45. The van der Waals surface area contributed by atoms with Gasteiger partial charge in [-0.3, -0.25) is 4.98 Å². The summed E-state index contributed by atoms with van der Waals surface area (Å²) in [5.74, 6) is 0.704. The summed E-state index contributed by atoms with van der Waals surface area (Å²) in [7, 11) is 0. The number of nitrogens with zero attached hydrogens (tertiary/aromatic N) is 1. The molecule has 3 nitrogen and oxygen atoms in total. The van der Waals surface area contributed by atoms with Crippen molar-refractivity contribution in [1.29, 1.82) is 0 Å². The fourth-order valence-corrected chi connectivity index (χ4v) is 2.19. The van der Waals surface area contributed by atoms with Gasteiger partial charge in [-0.2, -0.15) is 0 Å². The Kier molecular flexibility index (Phi) is 5.50. The molecule has 0 saturated carbocycles. The van der Waals surface area contributed by atoms with Crippen LogP contribution < -0.4 is 10.6 Å². The van der Waals surface area contributed by atoms with Crippen LogP contribution in [0, 0.1) is 5.92 Å². The van der Waals surface area contributed by atoms with Crippen LogP contribution in [0.4, 0.5) is 0 Å². The molecule has 3 heteroatoms. The van der Waals surface area contributed by atoms with Gasteiger partial charge in [0, 0.05) is 30.7 Å². The van der Waals surface area contributed by atoms with Crippen molar-refractivity contribution in [2.75, 3.05) is 13.1 Å². The van der Waals surface area contributed by atoms with Crippen LogP contribution in [0.2, 0.25) is 0 Å². The summed E-state index contributed by atoms with van der Waals surface area (Å²) in [6.07, 6.45) is 1.84. The van der Waals surface area contributed by atoms with Crippen molar-refractivity contribution in [2.24, 2.45) is 5.92 Å². The van der Waals surface area contributed by atoms with Gasteiger partial charge in [-0.15, -0.1) is 0 Å². The van der Waals surface area contributed by atoms with Crippen LogP contribution in [0.1, 0.15) is 26.3 Å². The molecule has 1 atom stereocenters. The normalized spacial score (nSPS) is 13.0. The first-order valence-corrected chi connectivity index (χ1v) is 7.43. The van der Waals surface area contributed by atoms with Crippen LogP contribution in [-0.4, -0.2) is 24.1 Å². The third kappa shape index (κ3) is 4.58. The standard InChI is InChI=1S/C17H25N3/c1-13(2)10-18-11-14(3)20-12-15-6-7-17-16(9-15)5-4-8-19-17/h4-9,13-14,18,20H,10-12H2,1-3H3. The van der Waals surface area contributed by atoms with E-state index in [9.17, 15) is 0 Å². The summed E-state index contributed by atoms with van der Waals surface area (Å²) < 4.78 is 0. The van der Waals surface area contributed by atoms with Gasteiger partial charge in [-0.05, 0) is 43.1 Å². The number of aromatic nitrogens is 1. The molecule has 1 aromatic carbocycles. The second kappa shape index (κ2) is 7.36. The van der Waals surface area contributed by atoms with Gasteiger partial charge >= 0.3 is 0 Å². The molecule has 0 fully saturated rings. The average molecular weight is 271 g/mol. The second-order valence-electron chi connectivity index (χ2n) is 5.86. The maximum atomic E-state index is 4.34. The Labute approximate surface area is 121 Å². The summed E-state index contributed by atoms with van der Waals surface area (Å²) in [6, 6.07) is 11.0. The highest BCUT2D eigenvalue weighted by molar-refractivity contribution is 5.78. The fraction of sp³-hybridized carbons (Fsp3) is 0.471. The monoisotopic (exact) mass is 271 g/mol. The molecule has 0 aliphatic carbocycles. The van der Waals surface area contributed by atoms with Gasteiger partial charge in [0.25, 0.3) is 0 Å². The van der Waals surface area contributed by atoms with Crippen molar-refractivity contribution in [2.45, 2.75) is 33.4 Å². The number of nitrogens with one attached hydrogen (secondary N) is 2. The molecule has 1 heterocycles. The third-order valence-electron chi connectivity index (χ3n) is 3.33. The van der Waals surface area contributed by atoms with E-state index in [1.54, 1.807) is 0 Å². The fourth-order valence-electron chi connectivity index (χ4n) is 2.19. The van der Waals surface area contributed by atoms with Crippen LogP contribution in [0.15, 0.2) is 36.5 Å². The summed E-state index contributed by atoms with van der Waals surface area (Å²) in [5, 5.41) is 8.24. The van der Waals surface area contributed by atoms with Gasteiger partial charge in [0.15, 0.2) is 0 Å². The quantitative estimate of drug-likeness (QED) is 0.813. The molecule has 20 heavy (non-hydrogen) atoms. The van der Waals surface area contributed by atoms with Crippen LogP contribution in [0.3, 0.4) is 0 Å². The highest BCUT2D eigenvalue weighted by atomic mass is 15.0. The number of hydrogen-bond acceptors (Lipinski definition) is 3. The smallest absolute Gasteiger partial charge is 0.0702 e. The Bertz CT molecular complexity index is 537. The topological polar surface area (TPSA) is 37.0 Å². The molecular formula is C17H25N3. The Morgan fingerprint density at radius 1 is 1.10 bits per heavy atom. The van der Waals surface area contributed by atoms with E-state index >= 15 is 0 Å². The molecular weight excluding hydrogens is 246 g/mol. The molecule has 2 aromatic rings. The number of pyridine rings is 1. The van der Waals surface area contributed by atoms with Gasteiger partial charge in [0.1, 0.15) is 0 Å². The lowest BCUT2D eigenvalue weighted by Gasteiger charge is -2.16. The summed E-state index contributed by atoms with van der Waals surface area (Å²) in [4.78, 5) is 4.34. The first kappa shape index (κ1) is 14.9. The Morgan fingerprint density at radius 2 is 1.95 bits per heavy atom. The van der Waals surface area contributed by atoms with Crippen molar-refractivity contribution < 1.29 is 0 Å². The van der Waals surface area contributed by atoms with Crippen LogP contribution in [-0.2, 0) is 6.54 Å². The van der Waals surface area contributed by atoms with E-state index in [4.69, 9.17) is 0 Å². The van der Waals surface area contributed by atoms with Crippen molar-refractivity contribution >= 4 is 10.9 Å². The lowest BCUT2D eigenvalue weighted by atomic mass is 10.1. The third-order valence-corrected chi connectivity index (χ3v) is 3.33. The molecule has 0 bridgehead atoms. The highest BCUT2D eigenvalue weighted by Gasteiger charge is 2.03. The number of benzene rings is 1. The zero-order valence-corrected chi connectivity index (χ0v) is 12.7. The zero-order chi connectivity index (χ0) is 14.4. The Morgan fingerprint density at radius 3 is 2.75 bits per heavy atom. The van der Waals surface area contributed by atoms with Crippen molar-refractivity contribution in [3.8, 4) is 0 Å². The largest absolute Gasteiger partial charge is 0.315 e. The van der Waals surface area contributed by atoms with Crippen molar-refractivity contribution in [3.63, 3.8) is 0 Å². The number of hydrogen-bond donors (Lipinski definition) is 2. The first-order chi connectivity index (χ1) is 9.65. The summed E-state index contributed by atoms with van der Waals surface area (Å²) in [5.41, 5.74) is 2.36. The minimum Gasteiger partial charge on any atom is -0.315 e. The lowest BCUT2D eigenvalue weighted by Crippen LogP contribution is -2.37. The maximum Gasteiger partial charge on any atom is 0.0702 e. The van der Waals surface area contributed by atoms with E-state index in [1.807, 2.05) is 12.3 Å². The number of rotatable bonds is 7. The average Bonchev–Trinajstić information content (AvgIpc) is 2.44. The summed E-state index contributed by atoms with van der Waals surface area (Å²) >= 11 is 0. The molecule has 108 valence electrons. The first-order valence-electron chi connectivity index (χ1n) is 7.43. The SMILES string of the molecule is CC(C)CNCC(C)NCc1ccc2ncccc2c1. The maximum absolute atomic E-state index is 4.34. The molecule has 2 N–H and O–H groups in total. The van der Waals surface area contributed by atoms with Gasteiger partial charge < -0.3 is 10.6 Å². The molecule has 1 unspecified atom stereocenters. The summed E-state index contributed by atoms with van der Waals surface area (Å²) in [6.45, 7) is 9.66. The molecule has 0 amide bonds. The minimum absolute atomic E-state index is 0.471. The van der Waals surface area contributed by atoms with Crippen molar-refractivity contribution in [3.05, 3.63) is 42.1 Å². The van der Waals surface area contributed by atoms with Crippen LogP contribution in [0.5, 0.6) is 0 Å². The second-order valence-corrected chi connectivity index (χ2v) is 5.86. The predicted octanol–water partition coefficient (Wildman–Crippen LogP) is 2.96. The predicted molar refractivity (Wildman–Crippen MR) is 85.8 cm³/mol. The lowest BCUT2D eigenvalue weighted by molar-refractivity contribution is 0.472. The molecule has 0 spiro atoms. The number of fused-ring (bicyclic) bond motifs is 1. The van der Waals surface area contributed by atoms with E-state index in [0.29, 0.717) is 12.0 Å². The molecule has 0 saturated heterocycles. The van der Waals surface area contributed by atoms with Gasteiger partial charge in [-0.1, -0.05) is 26.0 Å².